The van der Waals surface area contributed by atoms with Crippen LogP contribution >= 0.6 is 0 Å². The first-order chi connectivity index (χ1) is 13.5. The topological polar surface area (TPSA) is 93.7 Å². The zero-order valence-corrected chi connectivity index (χ0v) is 15.9. The van der Waals surface area contributed by atoms with Crippen LogP contribution in [0.1, 0.15) is 11.1 Å². The maximum Gasteiger partial charge on any atom is 0.328 e. The molecule has 0 aromatic heterocycles. The molecule has 0 heterocycles. The van der Waals surface area contributed by atoms with E-state index in [0.717, 1.165) is 11.1 Å². The number of benzene rings is 2. The molecule has 0 aliphatic heterocycles. The molecule has 0 saturated heterocycles. The van der Waals surface area contributed by atoms with Crippen LogP contribution in [0.15, 0.2) is 60.7 Å². The number of ether oxygens (including phenoxy) is 2. The third-order valence-electron chi connectivity index (χ3n) is 4.15. The normalized spacial score (nSPS) is 12.4. The summed E-state index contributed by atoms with van der Waals surface area (Å²) < 4.78 is 9.56. The molecule has 2 amide bonds. The summed E-state index contributed by atoms with van der Waals surface area (Å²) in [4.78, 5) is 36.6. The average Bonchev–Trinajstić information content (AvgIpc) is 2.73. The molecule has 0 bridgehead atoms. The molecule has 0 radical (unpaired) electrons. The molecule has 0 unspecified atom stereocenters. The van der Waals surface area contributed by atoms with E-state index < -0.39 is 30.1 Å². The molecule has 7 heteroatoms. The van der Waals surface area contributed by atoms with Crippen molar-refractivity contribution >= 4 is 18.0 Å². The maximum atomic E-state index is 12.4. The summed E-state index contributed by atoms with van der Waals surface area (Å²) in [5.41, 5.74) is 1.74. The van der Waals surface area contributed by atoms with Crippen molar-refractivity contribution < 1.29 is 23.9 Å². The Morgan fingerprint density at radius 3 is 1.39 bits per heavy atom. The van der Waals surface area contributed by atoms with Crippen molar-refractivity contribution in [2.75, 3.05) is 14.2 Å². The lowest BCUT2D eigenvalue weighted by atomic mass is 10.1. The van der Waals surface area contributed by atoms with Crippen molar-refractivity contribution in [3.05, 3.63) is 71.8 Å². The van der Waals surface area contributed by atoms with Crippen molar-refractivity contribution in [3.8, 4) is 0 Å². The Morgan fingerprint density at radius 1 is 0.714 bits per heavy atom. The molecule has 0 fully saturated rings. The van der Waals surface area contributed by atoms with E-state index in [2.05, 4.69) is 10.6 Å². The van der Waals surface area contributed by atoms with Gasteiger partial charge in [-0.05, 0) is 11.1 Å². The molecule has 2 aromatic carbocycles. The molecule has 148 valence electrons. The van der Waals surface area contributed by atoms with E-state index in [1.54, 1.807) is 0 Å². The number of esters is 2. The Labute approximate surface area is 164 Å². The van der Waals surface area contributed by atoms with Crippen molar-refractivity contribution in [2.24, 2.45) is 0 Å². The summed E-state index contributed by atoms with van der Waals surface area (Å²) in [6.07, 6.45) is 0.533. The van der Waals surface area contributed by atoms with Crippen LogP contribution < -0.4 is 10.6 Å². The zero-order chi connectivity index (χ0) is 20.4. The van der Waals surface area contributed by atoms with Crippen molar-refractivity contribution in [3.63, 3.8) is 0 Å². The largest absolute Gasteiger partial charge is 0.467 e. The van der Waals surface area contributed by atoms with E-state index in [1.165, 1.54) is 14.2 Å². The van der Waals surface area contributed by atoms with Crippen LogP contribution in [0, 0.1) is 0 Å². The molecule has 2 rings (SSSR count). The van der Waals surface area contributed by atoms with Crippen LogP contribution in [-0.4, -0.2) is 44.3 Å². The molecule has 2 N–H and O–H groups in total. The second kappa shape index (κ2) is 10.7. The monoisotopic (exact) mass is 384 g/mol. The van der Waals surface area contributed by atoms with Gasteiger partial charge in [-0.2, -0.15) is 0 Å². The van der Waals surface area contributed by atoms with Gasteiger partial charge in [0.1, 0.15) is 12.1 Å². The van der Waals surface area contributed by atoms with E-state index in [0.29, 0.717) is 0 Å². The van der Waals surface area contributed by atoms with Gasteiger partial charge in [-0.15, -0.1) is 0 Å². The van der Waals surface area contributed by atoms with Gasteiger partial charge in [0.2, 0.25) is 0 Å². The van der Waals surface area contributed by atoms with Crippen molar-refractivity contribution in [1.29, 1.82) is 0 Å². The van der Waals surface area contributed by atoms with Gasteiger partial charge in [0.25, 0.3) is 0 Å². The van der Waals surface area contributed by atoms with E-state index in [4.69, 9.17) is 9.47 Å². The number of carbonyl (C=O) groups excluding carboxylic acids is 3. The molecule has 2 aromatic rings. The molecule has 0 saturated carbocycles. The Hall–Kier alpha value is -3.35. The highest BCUT2D eigenvalue weighted by molar-refractivity contribution is 5.87. The second-order valence-electron chi connectivity index (χ2n) is 6.15. The number of rotatable bonds is 8. The molecule has 0 spiro atoms. The lowest BCUT2D eigenvalue weighted by molar-refractivity contribution is -0.143. The lowest BCUT2D eigenvalue weighted by Crippen LogP contribution is -2.52. The quantitative estimate of drug-likeness (QED) is 0.678. The SMILES string of the molecule is COC(=O)[C@H](Cc1ccccc1)NC(=O)N[C@@H](Cc1ccccc1)C(=O)OC. The van der Waals surface area contributed by atoms with Gasteiger partial charge in [0.05, 0.1) is 14.2 Å². The van der Waals surface area contributed by atoms with E-state index in [1.807, 2.05) is 60.7 Å². The summed E-state index contributed by atoms with van der Waals surface area (Å²) in [6.45, 7) is 0. The molecule has 0 aliphatic rings. The number of nitrogens with one attached hydrogen (secondary N) is 2. The lowest BCUT2D eigenvalue weighted by Gasteiger charge is -2.20. The Bertz CT molecular complexity index is 714. The van der Waals surface area contributed by atoms with Crippen LogP contribution in [0.5, 0.6) is 0 Å². The fourth-order valence-electron chi connectivity index (χ4n) is 2.73. The third kappa shape index (κ3) is 6.42. The molecule has 7 nitrogen and oxygen atoms in total. The minimum absolute atomic E-state index is 0.266. The second-order valence-corrected chi connectivity index (χ2v) is 6.15. The summed E-state index contributed by atoms with van der Waals surface area (Å²) in [7, 11) is 2.51. The first kappa shape index (κ1) is 21.0. The molecule has 28 heavy (non-hydrogen) atoms. The summed E-state index contributed by atoms with van der Waals surface area (Å²) in [6, 6.07) is 16.1. The predicted molar refractivity (Wildman–Crippen MR) is 104 cm³/mol. The fraction of sp³-hybridized carbons (Fsp3) is 0.286. The van der Waals surface area contributed by atoms with Gasteiger partial charge in [0.15, 0.2) is 0 Å². The number of amides is 2. The summed E-state index contributed by atoms with van der Waals surface area (Å²) in [5, 5.41) is 5.16. The highest BCUT2D eigenvalue weighted by Crippen LogP contribution is 2.06. The standard InChI is InChI=1S/C21H24N2O5/c1-27-19(24)17(13-15-9-5-3-6-10-15)22-21(26)23-18(20(25)28-2)14-16-11-7-4-8-12-16/h3-12,17-18H,13-14H2,1-2H3,(H2,22,23,26)/t17-,18-/m0/s1. The van der Waals surface area contributed by atoms with E-state index in [9.17, 15) is 14.4 Å². The summed E-state index contributed by atoms with van der Waals surface area (Å²) >= 11 is 0. The first-order valence-electron chi connectivity index (χ1n) is 8.84. The average molecular weight is 384 g/mol. The highest BCUT2D eigenvalue weighted by atomic mass is 16.5. The Kier molecular flexibility index (Phi) is 8.02. The molecule has 0 aliphatic carbocycles. The van der Waals surface area contributed by atoms with Gasteiger partial charge in [-0.25, -0.2) is 14.4 Å². The highest BCUT2D eigenvalue weighted by Gasteiger charge is 2.26. The number of carbonyl (C=O) groups is 3. The molecule has 2 atom stereocenters. The predicted octanol–water partition coefficient (Wildman–Crippen LogP) is 1.85. The van der Waals surface area contributed by atoms with E-state index >= 15 is 0 Å². The van der Waals surface area contributed by atoms with Gasteiger partial charge in [0, 0.05) is 12.8 Å². The molecular formula is C21H24N2O5. The van der Waals surface area contributed by atoms with Crippen LogP contribution in [-0.2, 0) is 31.9 Å². The van der Waals surface area contributed by atoms with Gasteiger partial charge >= 0.3 is 18.0 Å². The van der Waals surface area contributed by atoms with E-state index in [-0.39, 0.29) is 12.8 Å². The Balaban J connectivity index is 2.05. The van der Waals surface area contributed by atoms with Crippen LogP contribution in [0.3, 0.4) is 0 Å². The smallest absolute Gasteiger partial charge is 0.328 e. The van der Waals surface area contributed by atoms with Gasteiger partial charge < -0.3 is 20.1 Å². The Morgan fingerprint density at radius 2 is 1.07 bits per heavy atom. The number of hydrogen-bond donors (Lipinski definition) is 2. The minimum atomic E-state index is -0.887. The van der Waals surface area contributed by atoms with Gasteiger partial charge in [-0.3, -0.25) is 0 Å². The van der Waals surface area contributed by atoms with Crippen LogP contribution in [0.4, 0.5) is 4.79 Å². The summed E-state index contributed by atoms with van der Waals surface area (Å²) in [5.74, 6) is -1.15. The molecular weight excluding hydrogens is 360 g/mol. The maximum absolute atomic E-state index is 12.4. The third-order valence-corrected chi connectivity index (χ3v) is 4.15. The van der Waals surface area contributed by atoms with Crippen LogP contribution in [0.2, 0.25) is 0 Å². The number of methoxy groups -OCH3 is 2. The number of urea groups is 1. The minimum Gasteiger partial charge on any atom is -0.467 e. The van der Waals surface area contributed by atoms with Gasteiger partial charge in [-0.1, -0.05) is 60.7 Å². The zero-order valence-electron chi connectivity index (χ0n) is 15.9. The van der Waals surface area contributed by atoms with Crippen molar-refractivity contribution in [1.82, 2.24) is 10.6 Å². The first-order valence-corrected chi connectivity index (χ1v) is 8.84. The fourth-order valence-corrected chi connectivity index (χ4v) is 2.73. The van der Waals surface area contributed by atoms with Crippen LogP contribution in [0.25, 0.3) is 0 Å². The number of hydrogen-bond acceptors (Lipinski definition) is 5. The van der Waals surface area contributed by atoms with Crippen molar-refractivity contribution in [2.45, 2.75) is 24.9 Å².